The van der Waals surface area contributed by atoms with Crippen LogP contribution in [0.1, 0.15) is 93.3 Å². The van der Waals surface area contributed by atoms with Gasteiger partial charge in [-0.1, -0.05) is 32.3 Å². The number of nitrogens with one attached hydrogen (secondary N) is 2. The molecule has 0 bridgehead atoms. The summed E-state index contributed by atoms with van der Waals surface area (Å²) >= 11 is 0. The second kappa shape index (κ2) is 18.1. The predicted octanol–water partition coefficient (Wildman–Crippen LogP) is 7.76. The van der Waals surface area contributed by atoms with Crippen LogP contribution in [0.2, 0.25) is 0 Å². The minimum absolute atomic E-state index is 0.172. The van der Waals surface area contributed by atoms with Gasteiger partial charge in [0.1, 0.15) is 17.1 Å². The standard InChI is InChI=1S/C48H63N9O6/c1-48(2,3)43-30-44(51-63-43)50-46(59)53(5)35-9-11-40-32(27-35)28-42(61-40)45(58)39-29-36-37(31-54-19-13-33(14-20-54)56-25-23-52(4)24-26-56)41(12-10-38(36)49-39)62-47(60)57-21-15-34(16-22-57)55-17-7-6-8-18-55/h9-12,27-30,33-34,49H,6-8,13-26,31H2,1-5H3,(H,50,51,59). The lowest BCUT2D eigenvalue weighted by Gasteiger charge is -2.42. The van der Waals surface area contributed by atoms with E-state index in [1.54, 1.807) is 31.3 Å². The fourth-order valence-corrected chi connectivity index (χ4v) is 9.82. The Bertz CT molecular complexity index is 2420. The van der Waals surface area contributed by atoms with E-state index in [1.165, 1.54) is 24.2 Å². The number of rotatable bonds is 9. The maximum atomic E-state index is 14.2. The van der Waals surface area contributed by atoms with Crippen molar-refractivity contribution in [3.05, 3.63) is 71.3 Å². The summed E-state index contributed by atoms with van der Waals surface area (Å²) in [5.41, 5.74) is 2.94. The number of benzene rings is 2. The number of fused-ring (bicyclic) bond motifs is 2. The van der Waals surface area contributed by atoms with Crippen LogP contribution in [0.4, 0.5) is 21.1 Å². The molecule has 4 fully saturated rings. The highest BCUT2D eigenvalue weighted by Crippen LogP contribution is 2.34. The fourth-order valence-electron chi connectivity index (χ4n) is 9.82. The lowest BCUT2D eigenvalue weighted by molar-refractivity contribution is 0.0655. The van der Waals surface area contributed by atoms with Gasteiger partial charge in [0.15, 0.2) is 11.6 Å². The summed E-state index contributed by atoms with van der Waals surface area (Å²) in [6, 6.07) is 15.1. The zero-order chi connectivity index (χ0) is 43.8. The number of furan rings is 1. The fraction of sp³-hybridized carbons (Fsp3) is 0.542. The highest BCUT2D eigenvalue weighted by atomic mass is 16.6. The molecule has 9 rings (SSSR count). The second-order valence-electron chi connectivity index (χ2n) is 19.2. The molecule has 2 N–H and O–H groups in total. The van der Waals surface area contributed by atoms with E-state index in [0.717, 1.165) is 94.5 Å². The maximum Gasteiger partial charge on any atom is 0.415 e. The third-order valence-corrected chi connectivity index (χ3v) is 13.8. The number of aromatic nitrogens is 2. The zero-order valence-electron chi connectivity index (χ0n) is 37.6. The van der Waals surface area contributed by atoms with Gasteiger partial charge < -0.3 is 33.4 Å². The summed E-state index contributed by atoms with van der Waals surface area (Å²) in [6.07, 6.45) is 7.62. The normalized spacial score (nSPS) is 19.5. The van der Waals surface area contributed by atoms with Crippen LogP contribution in [-0.4, -0.2) is 144 Å². The topological polar surface area (TPSA) is 147 Å². The number of nitrogens with zero attached hydrogens (tertiary/aromatic N) is 7. The number of ether oxygens (including phenoxy) is 1. The van der Waals surface area contributed by atoms with E-state index in [0.29, 0.717) is 71.4 Å². The molecular formula is C48H63N9O6. The third kappa shape index (κ3) is 9.52. The molecule has 7 heterocycles. The number of hydrogen-bond donors (Lipinski definition) is 2. The summed E-state index contributed by atoms with van der Waals surface area (Å²) in [7, 11) is 3.86. The van der Waals surface area contributed by atoms with Crippen LogP contribution in [0.3, 0.4) is 0 Å². The van der Waals surface area contributed by atoms with Gasteiger partial charge in [0.2, 0.25) is 5.78 Å². The molecule has 0 radical (unpaired) electrons. The number of hydrogen-bond acceptors (Lipinski definition) is 11. The number of likely N-dealkylation sites (tertiary alicyclic amines) is 3. The van der Waals surface area contributed by atoms with Gasteiger partial charge in [-0.15, -0.1) is 0 Å². The van der Waals surface area contributed by atoms with Gasteiger partial charge in [-0.3, -0.25) is 24.8 Å². The van der Waals surface area contributed by atoms with E-state index in [1.807, 2.05) is 49.9 Å². The number of piperazine rings is 1. The number of carbonyl (C=O) groups excluding carboxylic acids is 3. The number of likely N-dealkylation sites (N-methyl/N-ethyl adjacent to an activating group) is 1. The van der Waals surface area contributed by atoms with E-state index in [2.05, 4.69) is 42.1 Å². The van der Waals surface area contributed by atoms with Crippen molar-refractivity contribution in [2.24, 2.45) is 0 Å². The van der Waals surface area contributed by atoms with Crippen molar-refractivity contribution in [2.45, 2.75) is 89.8 Å². The van der Waals surface area contributed by atoms with E-state index in [9.17, 15) is 14.4 Å². The second-order valence-corrected chi connectivity index (χ2v) is 19.2. The Balaban J connectivity index is 0.924. The number of piperidine rings is 3. The van der Waals surface area contributed by atoms with Gasteiger partial charge in [0.05, 0.1) is 5.69 Å². The van der Waals surface area contributed by atoms with Crippen molar-refractivity contribution >= 4 is 51.3 Å². The van der Waals surface area contributed by atoms with Gasteiger partial charge in [-0.05, 0) is 114 Å². The van der Waals surface area contributed by atoms with Crippen LogP contribution in [-0.2, 0) is 12.0 Å². The van der Waals surface area contributed by atoms with Gasteiger partial charge in [-0.2, -0.15) is 0 Å². The molecular weight excluding hydrogens is 799 g/mol. The Morgan fingerprint density at radius 2 is 1.54 bits per heavy atom. The zero-order valence-corrected chi connectivity index (χ0v) is 37.6. The van der Waals surface area contributed by atoms with Crippen molar-refractivity contribution < 1.29 is 28.1 Å². The van der Waals surface area contributed by atoms with Crippen molar-refractivity contribution in [3.63, 3.8) is 0 Å². The van der Waals surface area contributed by atoms with E-state index in [-0.39, 0.29) is 23.1 Å². The van der Waals surface area contributed by atoms with E-state index >= 15 is 0 Å². The highest BCUT2D eigenvalue weighted by Gasteiger charge is 2.31. The highest BCUT2D eigenvalue weighted by molar-refractivity contribution is 6.11. The summed E-state index contributed by atoms with van der Waals surface area (Å²) in [5.74, 6) is 1.40. The average molecular weight is 862 g/mol. The Morgan fingerprint density at radius 1 is 0.841 bits per heavy atom. The Labute approximate surface area is 369 Å². The van der Waals surface area contributed by atoms with Crippen molar-refractivity contribution in [2.75, 3.05) is 89.8 Å². The van der Waals surface area contributed by atoms with Gasteiger partial charge in [0, 0.05) is 104 Å². The molecule has 4 aliphatic heterocycles. The van der Waals surface area contributed by atoms with Crippen LogP contribution >= 0.6 is 0 Å². The predicted molar refractivity (Wildman–Crippen MR) is 244 cm³/mol. The van der Waals surface area contributed by atoms with Gasteiger partial charge >= 0.3 is 12.1 Å². The third-order valence-electron chi connectivity index (χ3n) is 13.8. The molecule has 0 atom stereocenters. The molecule has 63 heavy (non-hydrogen) atoms. The number of anilines is 2. The monoisotopic (exact) mass is 861 g/mol. The van der Waals surface area contributed by atoms with Crippen molar-refractivity contribution in [1.82, 2.24) is 34.6 Å². The van der Waals surface area contributed by atoms with E-state index in [4.69, 9.17) is 13.7 Å². The van der Waals surface area contributed by atoms with E-state index < -0.39 is 6.03 Å². The molecule has 2 aromatic carbocycles. The summed E-state index contributed by atoms with van der Waals surface area (Å²) in [4.78, 5) is 58.0. The molecule has 5 aromatic rings. The van der Waals surface area contributed by atoms with Crippen LogP contribution < -0.4 is 15.0 Å². The largest absolute Gasteiger partial charge is 0.453 e. The molecule has 0 spiro atoms. The Hall–Kier alpha value is -5.22. The minimum atomic E-state index is -0.390. The molecule has 336 valence electrons. The number of aromatic amines is 1. The van der Waals surface area contributed by atoms with Gasteiger partial charge in [-0.25, -0.2) is 9.59 Å². The van der Waals surface area contributed by atoms with Crippen LogP contribution in [0, 0.1) is 0 Å². The molecule has 3 aromatic heterocycles. The lowest BCUT2D eigenvalue weighted by atomic mass is 9.93. The maximum absolute atomic E-state index is 14.2. The molecule has 0 unspecified atom stereocenters. The molecule has 0 saturated carbocycles. The average Bonchev–Trinajstić information content (AvgIpc) is 4.07. The molecule has 15 nitrogen and oxygen atoms in total. The Kier molecular flexibility index (Phi) is 12.4. The smallest absolute Gasteiger partial charge is 0.415 e. The quantitative estimate of drug-likeness (QED) is 0.140. The minimum Gasteiger partial charge on any atom is -0.453 e. The van der Waals surface area contributed by atoms with Crippen LogP contribution in [0.25, 0.3) is 21.9 Å². The molecule has 4 saturated heterocycles. The first-order valence-electron chi connectivity index (χ1n) is 23.0. The first-order valence-corrected chi connectivity index (χ1v) is 23.0. The number of amides is 3. The molecule has 15 heteroatoms. The number of carbonyl (C=O) groups is 3. The number of H-pyrrole nitrogens is 1. The van der Waals surface area contributed by atoms with Gasteiger partial charge in [0.25, 0.3) is 0 Å². The van der Waals surface area contributed by atoms with Crippen LogP contribution in [0.5, 0.6) is 5.75 Å². The van der Waals surface area contributed by atoms with Crippen molar-refractivity contribution in [1.29, 1.82) is 0 Å². The van der Waals surface area contributed by atoms with Crippen LogP contribution in [0.15, 0.2) is 57.5 Å². The summed E-state index contributed by atoms with van der Waals surface area (Å²) in [5, 5.41) is 8.32. The lowest BCUT2D eigenvalue weighted by Crippen LogP contribution is -2.52. The molecule has 0 aliphatic carbocycles. The summed E-state index contributed by atoms with van der Waals surface area (Å²) in [6.45, 7) is 16.6. The number of ketones is 1. The number of urea groups is 1. The Morgan fingerprint density at radius 3 is 2.24 bits per heavy atom. The van der Waals surface area contributed by atoms with Crippen molar-refractivity contribution in [3.8, 4) is 5.75 Å². The summed E-state index contributed by atoms with van der Waals surface area (Å²) < 4.78 is 17.8. The first kappa shape index (κ1) is 43.1. The first-order chi connectivity index (χ1) is 30.4. The molecule has 4 aliphatic rings. The SMILES string of the molecule is CN1CCN(C2CCN(Cc3c(OC(=O)N4CCC(N5CCCCC5)CC4)ccc4[nH]c(C(=O)c5cc6cc(N(C)C(=O)Nc7cc(C(C)(C)C)on7)ccc6o5)cc34)CC2)CC1. The molecule has 3 amide bonds.